The number of aliphatic hydroxyl groups is 1. The molecule has 1 heterocycles. The van der Waals surface area contributed by atoms with E-state index >= 15 is 0 Å². The number of hydrogen-bond donors (Lipinski definition) is 2. The maximum absolute atomic E-state index is 10.5. The summed E-state index contributed by atoms with van der Waals surface area (Å²) in [4.78, 5) is 12.5. The Labute approximate surface area is 100 Å². The number of aliphatic hydroxyl groups excluding tert-OH is 1. The van der Waals surface area contributed by atoms with E-state index in [9.17, 15) is 4.79 Å². The molecule has 0 fully saturated rings. The van der Waals surface area contributed by atoms with Gasteiger partial charge in [0.2, 0.25) is 0 Å². The molecule has 96 valence electrons. The standard InChI is InChI=1S/C11H19N3O3/c1-2-13(4-3-11(16)17)8-10-7-12-14(9-10)5-6-15/h7,9,15H,2-6,8H2,1H3,(H,16,17). The molecule has 0 bridgehead atoms. The van der Waals surface area contributed by atoms with Gasteiger partial charge in [0.05, 0.1) is 25.8 Å². The first-order valence-corrected chi connectivity index (χ1v) is 5.72. The third-order valence-corrected chi connectivity index (χ3v) is 2.51. The predicted octanol–water partition coefficient (Wildman–Crippen LogP) is 0.172. The zero-order valence-corrected chi connectivity index (χ0v) is 10.0. The molecule has 17 heavy (non-hydrogen) atoms. The summed E-state index contributed by atoms with van der Waals surface area (Å²) in [6, 6.07) is 0. The van der Waals surface area contributed by atoms with Crippen molar-refractivity contribution in [2.75, 3.05) is 19.7 Å². The molecule has 0 saturated heterocycles. The van der Waals surface area contributed by atoms with E-state index < -0.39 is 5.97 Å². The summed E-state index contributed by atoms with van der Waals surface area (Å²) in [7, 11) is 0. The van der Waals surface area contributed by atoms with Crippen molar-refractivity contribution in [1.29, 1.82) is 0 Å². The maximum atomic E-state index is 10.5. The van der Waals surface area contributed by atoms with E-state index in [0.717, 1.165) is 12.1 Å². The third-order valence-electron chi connectivity index (χ3n) is 2.51. The van der Waals surface area contributed by atoms with E-state index in [0.29, 0.717) is 19.6 Å². The average molecular weight is 241 g/mol. The molecule has 0 amide bonds. The van der Waals surface area contributed by atoms with Crippen molar-refractivity contribution in [3.05, 3.63) is 18.0 Å². The molecule has 0 aliphatic heterocycles. The Morgan fingerprint density at radius 3 is 2.94 bits per heavy atom. The fourth-order valence-electron chi connectivity index (χ4n) is 1.57. The van der Waals surface area contributed by atoms with Gasteiger partial charge in [0.25, 0.3) is 0 Å². The van der Waals surface area contributed by atoms with Crippen LogP contribution in [0.1, 0.15) is 18.9 Å². The monoisotopic (exact) mass is 241 g/mol. The normalized spacial score (nSPS) is 11.0. The van der Waals surface area contributed by atoms with Gasteiger partial charge in [-0.3, -0.25) is 14.4 Å². The summed E-state index contributed by atoms with van der Waals surface area (Å²) < 4.78 is 1.68. The van der Waals surface area contributed by atoms with E-state index in [1.165, 1.54) is 0 Å². The summed E-state index contributed by atoms with van der Waals surface area (Å²) in [6.07, 6.45) is 3.78. The van der Waals surface area contributed by atoms with Crippen molar-refractivity contribution in [3.8, 4) is 0 Å². The molecular formula is C11H19N3O3. The predicted molar refractivity (Wildman–Crippen MR) is 62.5 cm³/mol. The second-order valence-electron chi connectivity index (χ2n) is 3.85. The zero-order valence-electron chi connectivity index (χ0n) is 10.0. The Morgan fingerprint density at radius 1 is 1.59 bits per heavy atom. The van der Waals surface area contributed by atoms with Gasteiger partial charge in [0, 0.05) is 24.8 Å². The van der Waals surface area contributed by atoms with Crippen LogP contribution in [0.5, 0.6) is 0 Å². The Morgan fingerprint density at radius 2 is 2.35 bits per heavy atom. The molecule has 0 aliphatic carbocycles. The first-order valence-electron chi connectivity index (χ1n) is 5.72. The van der Waals surface area contributed by atoms with Gasteiger partial charge in [0.1, 0.15) is 0 Å². The van der Waals surface area contributed by atoms with Crippen molar-refractivity contribution in [1.82, 2.24) is 14.7 Å². The van der Waals surface area contributed by atoms with Crippen LogP contribution in [0, 0.1) is 0 Å². The van der Waals surface area contributed by atoms with Gasteiger partial charge in [-0.1, -0.05) is 6.92 Å². The fraction of sp³-hybridized carbons (Fsp3) is 0.636. The van der Waals surface area contributed by atoms with Crippen LogP contribution in [-0.4, -0.2) is 50.6 Å². The van der Waals surface area contributed by atoms with E-state index in [-0.39, 0.29) is 13.0 Å². The average Bonchev–Trinajstić information content (AvgIpc) is 2.72. The van der Waals surface area contributed by atoms with Gasteiger partial charge in [-0.25, -0.2) is 0 Å². The number of carboxylic acid groups (broad SMARTS) is 1. The van der Waals surface area contributed by atoms with Gasteiger partial charge >= 0.3 is 5.97 Å². The van der Waals surface area contributed by atoms with Crippen LogP contribution >= 0.6 is 0 Å². The van der Waals surface area contributed by atoms with Gasteiger partial charge in [-0.15, -0.1) is 0 Å². The van der Waals surface area contributed by atoms with Crippen LogP contribution < -0.4 is 0 Å². The summed E-state index contributed by atoms with van der Waals surface area (Å²) in [5.74, 6) is -0.778. The van der Waals surface area contributed by atoms with Gasteiger partial charge in [0.15, 0.2) is 0 Å². The quantitative estimate of drug-likeness (QED) is 0.678. The van der Waals surface area contributed by atoms with Crippen LogP contribution in [0.3, 0.4) is 0 Å². The van der Waals surface area contributed by atoms with E-state index in [1.807, 2.05) is 13.1 Å². The molecule has 1 rings (SSSR count). The van der Waals surface area contributed by atoms with Crippen LogP contribution in [0.2, 0.25) is 0 Å². The molecule has 0 radical (unpaired) electrons. The fourth-order valence-corrected chi connectivity index (χ4v) is 1.57. The molecule has 0 saturated carbocycles. The molecule has 2 N–H and O–H groups in total. The van der Waals surface area contributed by atoms with E-state index in [1.54, 1.807) is 10.9 Å². The summed E-state index contributed by atoms with van der Waals surface area (Å²) >= 11 is 0. The third kappa shape index (κ3) is 4.97. The first kappa shape index (κ1) is 13.7. The lowest BCUT2D eigenvalue weighted by Gasteiger charge is -2.18. The number of carbonyl (C=O) groups is 1. The molecule has 6 heteroatoms. The summed E-state index contributed by atoms with van der Waals surface area (Å²) in [6.45, 7) is 4.59. The molecule has 0 atom stereocenters. The van der Waals surface area contributed by atoms with Crippen LogP contribution in [0.25, 0.3) is 0 Å². The van der Waals surface area contributed by atoms with Crippen LogP contribution in [-0.2, 0) is 17.9 Å². The minimum absolute atomic E-state index is 0.0671. The second kappa shape index (κ2) is 7.03. The highest BCUT2D eigenvalue weighted by molar-refractivity contribution is 5.66. The number of hydrogen-bond acceptors (Lipinski definition) is 4. The topological polar surface area (TPSA) is 78.6 Å². The highest BCUT2D eigenvalue weighted by atomic mass is 16.4. The largest absolute Gasteiger partial charge is 0.481 e. The van der Waals surface area contributed by atoms with Gasteiger partial charge < -0.3 is 10.2 Å². The lowest BCUT2D eigenvalue weighted by molar-refractivity contribution is -0.137. The van der Waals surface area contributed by atoms with Crippen molar-refractivity contribution in [2.45, 2.75) is 26.4 Å². The van der Waals surface area contributed by atoms with Crippen molar-refractivity contribution in [2.24, 2.45) is 0 Å². The van der Waals surface area contributed by atoms with Gasteiger partial charge in [-0.05, 0) is 6.54 Å². The summed E-state index contributed by atoms with van der Waals surface area (Å²) in [5, 5.41) is 21.5. The van der Waals surface area contributed by atoms with Crippen molar-refractivity contribution in [3.63, 3.8) is 0 Å². The molecule has 0 aromatic carbocycles. The maximum Gasteiger partial charge on any atom is 0.304 e. The smallest absolute Gasteiger partial charge is 0.304 e. The molecule has 1 aromatic rings. The van der Waals surface area contributed by atoms with Crippen molar-refractivity contribution < 1.29 is 15.0 Å². The Bertz CT molecular complexity index is 351. The zero-order chi connectivity index (χ0) is 12.7. The lowest BCUT2D eigenvalue weighted by Crippen LogP contribution is -2.25. The Hall–Kier alpha value is -1.40. The minimum Gasteiger partial charge on any atom is -0.481 e. The van der Waals surface area contributed by atoms with Crippen LogP contribution in [0.15, 0.2) is 12.4 Å². The SMILES string of the molecule is CCN(CCC(=O)O)Cc1cnn(CCO)c1. The van der Waals surface area contributed by atoms with Crippen LogP contribution in [0.4, 0.5) is 0 Å². The second-order valence-corrected chi connectivity index (χ2v) is 3.85. The number of carboxylic acids is 1. The summed E-state index contributed by atoms with van der Waals surface area (Å²) in [5.41, 5.74) is 1.03. The Kier molecular flexibility index (Phi) is 5.65. The molecule has 1 aromatic heterocycles. The first-order chi connectivity index (χ1) is 8.15. The molecule has 0 unspecified atom stereocenters. The molecule has 6 nitrogen and oxygen atoms in total. The highest BCUT2D eigenvalue weighted by Crippen LogP contribution is 2.04. The highest BCUT2D eigenvalue weighted by Gasteiger charge is 2.07. The van der Waals surface area contributed by atoms with E-state index in [4.69, 9.17) is 10.2 Å². The number of aliphatic carboxylic acids is 1. The van der Waals surface area contributed by atoms with Crippen molar-refractivity contribution >= 4 is 5.97 Å². The van der Waals surface area contributed by atoms with Gasteiger partial charge in [-0.2, -0.15) is 5.10 Å². The Balaban J connectivity index is 2.45. The lowest BCUT2D eigenvalue weighted by atomic mass is 10.3. The number of nitrogens with zero attached hydrogens (tertiary/aromatic N) is 3. The molecule has 0 aliphatic rings. The number of aromatic nitrogens is 2. The molecule has 0 spiro atoms. The number of rotatable bonds is 8. The minimum atomic E-state index is -0.778. The molecular weight excluding hydrogens is 222 g/mol. The van der Waals surface area contributed by atoms with E-state index in [2.05, 4.69) is 10.00 Å².